The van der Waals surface area contributed by atoms with E-state index in [-0.39, 0.29) is 21.1 Å². The van der Waals surface area contributed by atoms with Gasteiger partial charge in [0.15, 0.2) is 0 Å². The molecule has 0 aliphatic heterocycles. The van der Waals surface area contributed by atoms with Crippen LogP contribution in [0.5, 0.6) is 0 Å². The second-order valence-corrected chi connectivity index (χ2v) is 19.7. The molecule has 10 aromatic rings. The Morgan fingerprint density at radius 3 is 0.740 bits per heavy atom. The van der Waals surface area contributed by atoms with Crippen molar-refractivity contribution in [1.82, 2.24) is 0 Å². The van der Waals surface area contributed by atoms with E-state index in [9.17, 15) is 34.5 Å². The van der Waals surface area contributed by atoms with Gasteiger partial charge in [0, 0.05) is 0 Å². The van der Waals surface area contributed by atoms with Crippen LogP contribution in [0.25, 0.3) is 32.7 Å². The average molecular weight is 1200 g/mol. The van der Waals surface area contributed by atoms with Crippen LogP contribution in [0.1, 0.15) is 11.1 Å². The molecule has 0 aromatic heterocycles. The summed E-state index contributed by atoms with van der Waals surface area (Å²) in [7, 11) is -13.7. The monoisotopic (exact) mass is 1200 g/mol. The molecule has 366 valence electrons. The molecule has 0 fully saturated rings. The Morgan fingerprint density at radius 1 is 0.288 bits per heavy atom. The van der Waals surface area contributed by atoms with Crippen molar-refractivity contribution in [2.75, 3.05) is 0 Å². The first kappa shape index (κ1) is 56.7. The molecule has 73 heavy (non-hydrogen) atoms. The Hall–Kier alpha value is -7.18. The number of nitriles is 2. The molecule has 0 amide bonds. The smallest absolute Gasteiger partial charge is 0.418 e. The van der Waals surface area contributed by atoms with E-state index >= 15 is 0 Å². The number of hydrogen-bond donors (Lipinski definition) is 0. The van der Waals surface area contributed by atoms with E-state index in [4.69, 9.17) is 10.5 Å². The van der Waals surface area contributed by atoms with E-state index in [1.54, 1.807) is 24.3 Å². The van der Waals surface area contributed by atoms with Gasteiger partial charge >= 0.3 is 35.6 Å². The average Bonchev–Trinajstić information content (AvgIpc) is 3.40. The molecule has 0 aliphatic carbocycles. The van der Waals surface area contributed by atoms with Crippen molar-refractivity contribution in [1.29, 1.82) is 10.5 Å². The third-order valence-corrected chi connectivity index (χ3v) is 15.4. The van der Waals surface area contributed by atoms with Crippen LogP contribution in [0.2, 0.25) is 0 Å². The van der Waals surface area contributed by atoms with E-state index in [2.05, 4.69) is 194 Å². The SMILES string of the molecule is F[B-](F)(F)F.F[B-](F)(F)F.N#Cc1ccccc1.N#Cc1ccccc1.[Pt+2].c1ccc(P(c2ccccc2)c2ccc3ccccc3c2-c2c(P(c3ccccc3)c3ccccc3)ccc3ccccc23)cc1. The second-order valence-electron chi connectivity index (χ2n) is 15.3. The maximum absolute atomic E-state index is 9.75. The van der Waals surface area contributed by atoms with Gasteiger partial charge in [-0.3, -0.25) is 0 Å². The van der Waals surface area contributed by atoms with Gasteiger partial charge in [0.05, 0.1) is 23.3 Å². The van der Waals surface area contributed by atoms with Crippen LogP contribution in [0.4, 0.5) is 34.5 Å². The van der Waals surface area contributed by atoms with Crippen molar-refractivity contribution in [3.63, 3.8) is 0 Å². The van der Waals surface area contributed by atoms with Gasteiger partial charge in [-0.2, -0.15) is 10.5 Å². The topological polar surface area (TPSA) is 47.6 Å². The summed E-state index contributed by atoms with van der Waals surface area (Å²) in [5.74, 6) is 0. The summed E-state index contributed by atoms with van der Waals surface area (Å²) in [6.45, 7) is 0. The molecule has 2 nitrogen and oxygen atoms in total. The molecule has 0 unspecified atom stereocenters. The molecular formula is C58H42B2F8N2P2Pt. The largest absolute Gasteiger partial charge is 2.00 e. The van der Waals surface area contributed by atoms with E-state index in [0.29, 0.717) is 11.1 Å². The molecule has 0 atom stereocenters. The minimum atomic E-state index is -6.00. The summed E-state index contributed by atoms with van der Waals surface area (Å²) >= 11 is 0. The van der Waals surface area contributed by atoms with Gasteiger partial charge in [-0.15, -0.1) is 0 Å². The van der Waals surface area contributed by atoms with Crippen molar-refractivity contribution in [2.24, 2.45) is 0 Å². The van der Waals surface area contributed by atoms with Crippen LogP contribution in [0.3, 0.4) is 0 Å². The van der Waals surface area contributed by atoms with Crippen LogP contribution in [0, 0.1) is 22.7 Å². The molecule has 0 N–H and O–H groups in total. The van der Waals surface area contributed by atoms with E-state index < -0.39 is 30.4 Å². The zero-order valence-electron chi connectivity index (χ0n) is 38.5. The minimum Gasteiger partial charge on any atom is -0.418 e. The van der Waals surface area contributed by atoms with Crippen molar-refractivity contribution in [2.45, 2.75) is 0 Å². The fourth-order valence-electron chi connectivity index (χ4n) is 7.61. The summed E-state index contributed by atoms with van der Waals surface area (Å²) < 4.78 is 78.0. The first-order valence-electron chi connectivity index (χ1n) is 22.2. The van der Waals surface area contributed by atoms with Crippen LogP contribution >= 0.6 is 15.8 Å². The number of rotatable bonds is 7. The molecular weight excluding hydrogens is 1160 g/mol. The summed E-state index contributed by atoms with van der Waals surface area (Å²) in [6, 6.07) is 94.1. The zero-order valence-corrected chi connectivity index (χ0v) is 42.6. The zero-order chi connectivity index (χ0) is 51.4. The van der Waals surface area contributed by atoms with Crippen LogP contribution in [0.15, 0.2) is 255 Å². The van der Waals surface area contributed by atoms with E-state index in [1.807, 2.05) is 48.5 Å². The Labute approximate surface area is 436 Å². The summed E-state index contributed by atoms with van der Waals surface area (Å²) in [5, 5.41) is 29.9. The van der Waals surface area contributed by atoms with Gasteiger partial charge in [-0.1, -0.05) is 231 Å². The molecule has 0 aliphatic rings. The third-order valence-electron chi connectivity index (χ3n) is 10.4. The second kappa shape index (κ2) is 28.2. The molecule has 0 heterocycles. The van der Waals surface area contributed by atoms with Crippen molar-refractivity contribution in [3.8, 4) is 23.3 Å². The van der Waals surface area contributed by atoms with E-state index in [0.717, 1.165) is 0 Å². The maximum atomic E-state index is 9.75. The van der Waals surface area contributed by atoms with Crippen molar-refractivity contribution in [3.05, 3.63) is 266 Å². The Bertz CT molecular complexity index is 3020. The molecule has 10 aromatic carbocycles. The fraction of sp³-hybridized carbons (Fsp3) is 0. The number of hydrogen-bond acceptors (Lipinski definition) is 2. The van der Waals surface area contributed by atoms with Gasteiger partial charge < -0.3 is 34.5 Å². The number of halogens is 8. The third kappa shape index (κ3) is 17.5. The first-order chi connectivity index (χ1) is 34.7. The molecule has 0 radical (unpaired) electrons. The quantitative estimate of drug-likeness (QED) is 0.0907. The molecule has 0 saturated heterocycles. The van der Waals surface area contributed by atoms with Gasteiger partial charge in [0.25, 0.3) is 0 Å². The van der Waals surface area contributed by atoms with Crippen LogP contribution in [-0.2, 0) is 21.1 Å². The number of benzene rings is 10. The Kier molecular flexibility index (Phi) is 21.9. The van der Waals surface area contributed by atoms with Gasteiger partial charge in [-0.05, 0) is 105 Å². The molecule has 0 spiro atoms. The number of nitrogens with zero attached hydrogens (tertiary/aromatic N) is 2. The minimum absolute atomic E-state index is 0. The van der Waals surface area contributed by atoms with Gasteiger partial charge in [-0.25, -0.2) is 0 Å². The van der Waals surface area contributed by atoms with Crippen LogP contribution < -0.4 is 31.8 Å². The van der Waals surface area contributed by atoms with Crippen molar-refractivity contribution >= 4 is 83.7 Å². The first-order valence-corrected chi connectivity index (χ1v) is 24.9. The maximum Gasteiger partial charge on any atom is 2.00 e. The molecule has 10 rings (SSSR count). The predicted molar refractivity (Wildman–Crippen MR) is 287 cm³/mol. The molecule has 0 bridgehead atoms. The van der Waals surface area contributed by atoms with E-state index in [1.165, 1.54) is 64.5 Å². The van der Waals surface area contributed by atoms with Crippen LogP contribution in [-0.4, -0.2) is 14.5 Å². The van der Waals surface area contributed by atoms with Gasteiger partial charge in [0.1, 0.15) is 0 Å². The number of fused-ring (bicyclic) bond motifs is 2. The molecule has 15 heteroatoms. The predicted octanol–water partition coefficient (Wildman–Crippen LogP) is 14.9. The summed E-state index contributed by atoms with van der Waals surface area (Å²) in [6.07, 6.45) is 0. The van der Waals surface area contributed by atoms with Crippen molar-refractivity contribution < 1.29 is 55.6 Å². The fourth-order valence-corrected chi connectivity index (χ4v) is 12.6. The Morgan fingerprint density at radius 2 is 0.507 bits per heavy atom. The van der Waals surface area contributed by atoms with Gasteiger partial charge in [0.2, 0.25) is 0 Å². The normalized spacial score (nSPS) is 10.6. The summed E-state index contributed by atoms with van der Waals surface area (Å²) in [4.78, 5) is 0. The Balaban J connectivity index is 0.000000299. The molecule has 0 saturated carbocycles. The standard InChI is InChI=1S/C44H32P2.2C7H5N.2BF4.Pt/c1-5-19-35(20-6-1)45(36-21-7-2-8-22-36)41-31-29-33-17-13-15-27-39(33)43(41)44-40-28-16-14-18-34(40)30-32-42(44)46(37-23-9-3-10-24-37)38-25-11-4-12-26-38;2*8-6-7-4-2-1-3-5-7;2*2-1(3,4)5;/h1-32H;2*1-5H;;;/q;;;2*-1;+2. The summed E-state index contributed by atoms with van der Waals surface area (Å²) in [5.41, 5.74) is 4.13.